The van der Waals surface area contributed by atoms with E-state index >= 15 is 0 Å². The van der Waals surface area contributed by atoms with Gasteiger partial charge in [0.15, 0.2) is 6.10 Å². The highest BCUT2D eigenvalue weighted by atomic mass is 32.2. The van der Waals surface area contributed by atoms with Crippen molar-refractivity contribution in [3.63, 3.8) is 0 Å². The van der Waals surface area contributed by atoms with E-state index in [-0.39, 0.29) is 23.3 Å². The second-order valence-corrected chi connectivity index (χ2v) is 9.85. The number of allylic oxidation sites excluding steroid dienone is 1. The number of anilines is 1. The maximum Gasteiger partial charge on any atom is 0.265 e. The molecule has 0 bridgehead atoms. The Morgan fingerprint density at radius 3 is 2.80 bits per heavy atom. The van der Waals surface area contributed by atoms with E-state index in [4.69, 9.17) is 4.74 Å². The summed E-state index contributed by atoms with van der Waals surface area (Å²) in [5.41, 5.74) is 2.25. The summed E-state index contributed by atoms with van der Waals surface area (Å²) >= 11 is 0. The van der Waals surface area contributed by atoms with Crippen LogP contribution in [0.4, 0.5) is 5.69 Å². The predicted molar refractivity (Wildman–Crippen MR) is 114 cm³/mol. The van der Waals surface area contributed by atoms with Crippen LogP contribution in [0.2, 0.25) is 0 Å². The lowest BCUT2D eigenvalue weighted by molar-refractivity contribution is -0.123. The van der Waals surface area contributed by atoms with Gasteiger partial charge in [-0.25, -0.2) is 8.42 Å². The number of sulfonamides is 1. The topological polar surface area (TPSA) is 105 Å². The molecule has 0 spiro atoms. The molecule has 8 nitrogen and oxygen atoms in total. The lowest BCUT2D eigenvalue weighted by Crippen LogP contribution is -2.39. The summed E-state index contributed by atoms with van der Waals surface area (Å²) in [6.45, 7) is 3.46. The lowest BCUT2D eigenvalue weighted by atomic mass is 9.97. The summed E-state index contributed by atoms with van der Waals surface area (Å²) in [5.74, 6) is -0.328. The second kappa shape index (κ2) is 9.18. The highest BCUT2D eigenvalue weighted by molar-refractivity contribution is 7.89. The summed E-state index contributed by atoms with van der Waals surface area (Å²) in [4.78, 5) is 24.1. The van der Waals surface area contributed by atoms with Crippen molar-refractivity contribution in [2.45, 2.75) is 57.0 Å². The summed E-state index contributed by atoms with van der Waals surface area (Å²) < 4.78 is 32.6. The van der Waals surface area contributed by atoms with Gasteiger partial charge < -0.3 is 15.4 Å². The molecule has 30 heavy (non-hydrogen) atoms. The van der Waals surface area contributed by atoms with Crippen molar-refractivity contribution in [3.8, 4) is 5.75 Å². The van der Waals surface area contributed by atoms with Gasteiger partial charge in [0.1, 0.15) is 5.75 Å². The van der Waals surface area contributed by atoms with Gasteiger partial charge in [0.05, 0.1) is 17.1 Å². The zero-order chi connectivity index (χ0) is 21.9. The standard InChI is InChI=1S/C21H29N3O5S/c1-14-11-17-18(29-15(2)21(26)23-17)12-19(14)30(27,28)24(3)13-20(25)22-10-9-16-7-5-4-6-8-16/h7,11-12,15H,4-6,8-10,13H2,1-3H3,(H,22,25)(H,23,26). The Labute approximate surface area is 177 Å². The number of fused-ring (bicyclic) bond motifs is 1. The fourth-order valence-corrected chi connectivity index (χ4v) is 4.97. The van der Waals surface area contributed by atoms with Gasteiger partial charge in [0.25, 0.3) is 5.91 Å². The number of nitrogens with one attached hydrogen (secondary N) is 2. The van der Waals surface area contributed by atoms with Crippen LogP contribution in [0.1, 0.15) is 44.6 Å². The highest BCUT2D eigenvalue weighted by Gasteiger charge is 2.30. The maximum absolute atomic E-state index is 13.0. The van der Waals surface area contributed by atoms with Crippen LogP contribution in [0.15, 0.2) is 28.7 Å². The Bertz CT molecular complexity index is 971. The molecule has 0 saturated heterocycles. The average Bonchev–Trinajstić information content (AvgIpc) is 2.69. The molecule has 3 rings (SSSR count). The number of benzene rings is 1. The molecule has 0 saturated carbocycles. The third-order valence-electron chi connectivity index (χ3n) is 5.42. The molecule has 1 aromatic rings. The molecule has 0 fully saturated rings. The van der Waals surface area contributed by atoms with Gasteiger partial charge in [-0.1, -0.05) is 11.6 Å². The van der Waals surface area contributed by atoms with Crippen molar-refractivity contribution in [1.82, 2.24) is 9.62 Å². The maximum atomic E-state index is 13.0. The van der Waals surface area contributed by atoms with E-state index in [1.165, 1.54) is 31.5 Å². The Morgan fingerprint density at radius 2 is 2.10 bits per heavy atom. The fourth-order valence-electron chi connectivity index (χ4n) is 3.63. The molecule has 9 heteroatoms. The lowest BCUT2D eigenvalue weighted by Gasteiger charge is -2.25. The molecule has 2 aliphatic rings. The molecule has 2 amide bonds. The van der Waals surface area contributed by atoms with Gasteiger partial charge in [-0.05, 0) is 57.6 Å². The average molecular weight is 436 g/mol. The molecule has 0 radical (unpaired) electrons. The summed E-state index contributed by atoms with van der Waals surface area (Å²) in [5, 5.41) is 5.50. The van der Waals surface area contributed by atoms with Crippen molar-refractivity contribution >= 4 is 27.5 Å². The van der Waals surface area contributed by atoms with Gasteiger partial charge in [0.2, 0.25) is 15.9 Å². The van der Waals surface area contributed by atoms with Crippen LogP contribution in [-0.2, 0) is 19.6 Å². The third kappa shape index (κ3) is 5.02. The van der Waals surface area contributed by atoms with Crippen LogP contribution < -0.4 is 15.4 Å². The minimum absolute atomic E-state index is 0.0484. The van der Waals surface area contributed by atoms with Gasteiger partial charge in [-0.15, -0.1) is 0 Å². The molecule has 1 unspecified atom stereocenters. The zero-order valence-electron chi connectivity index (χ0n) is 17.7. The van der Waals surface area contributed by atoms with Crippen molar-refractivity contribution in [3.05, 3.63) is 29.3 Å². The number of hydrogen-bond acceptors (Lipinski definition) is 5. The zero-order valence-corrected chi connectivity index (χ0v) is 18.5. The highest BCUT2D eigenvalue weighted by Crippen LogP contribution is 2.35. The molecular weight excluding hydrogens is 406 g/mol. The van der Waals surface area contributed by atoms with E-state index in [0.29, 0.717) is 23.5 Å². The first kappa shape index (κ1) is 22.3. The van der Waals surface area contributed by atoms with Crippen molar-refractivity contribution in [2.24, 2.45) is 0 Å². The van der Waals surface area contributed by atoms with Gasteiger partial charge in [0, 0.05) is 19.7 Å². The quantitative estimate of drug-likeness (QED) is 0.640. The van der Waals surface area contributed by atoms with E-state index < -0.39 is 16.1 Å². The minimum Gasteiger partial charge on any atom is -0.479 e. The summed E-state index contributed by atoms with van der Waals surface area (Å²) in [7, 11) is -2.53. The molecule has 2 N–H and O–H groups in total. The number of amides is 2. The van der Waals surface area contributed by atoms with Gasteiger partial charge in [-0.2, -0.15) is 4.31 Å². The molecule has 164 valence electrons. The number of nitrogens with zero attached hydrogens (tertiary/aromatic N) is 1. The third-order valence-corrected chi connectivity index (χ3v) is 7.36. The summed E-state index contributed by atoms with van der Waals surface area (Å²) in [6.07, 6.45) is 6.89. The van der Waals surface area contributed by atoms with Crippen LogP contribution in [0, 0.1) is 6.92 Å². The Hall–Kier alpha value is -2.39. The van der Waals surface area contributed by atoms with Crippen molar-refractivity contribution in [1.29, 1.82) is 0 Å². The first-order chi connectivity index (χ1) is 14.2. The van der Waals surface area contributed by atoms with Crippen LogP contribution in [-0.4, -0.2) is 50.8 Å². The van der Waals surface area contributed by atoms with Crippen molar-refractivity contribution < 1.29 is 22.7 Å². The van der Waals surface area contributed by atoms with E-state index in [2.05, 4.69) is 16.7 Å². The van der Waals surface area contributed by atoms with E-state index in [1.807, 2.05) is 0 Å². The molecule has 1 heterocycles. The van der Waals surface area contributed by atoms with Crippen LogP contribution in [0.5, 0.6) is 5.75 Å². The van der Waals surface area contributed by atoms with E-state index in [9.17, 15) is 18.0 Å². The van der Waals surface area contributed by atoms with Crippen LogP contribution in [0.3, 0.4) is 0 Å². The molecule has 1 aromatic carbocycles. The molecule has 1 atom stereocenters. The monoisotopic (exact) mass is 435 g/mol. The summed E-state index contributed by atoms with van der Waals surface area (Å²) in [6, 6.07) is 2.97. The number of carbonyl (C=O) groups excluding carboxylic acids is 2. The predicted octanol–water partition coefficient (Wildman–Crippen LogP) is 2.34. The molecular formula is C21H29N3O5S. The number of hydrogen-bond donors (Lipinski definition) is 2. The Kier molecular flexibility index (Phi) is 6.82. The fraction of sp³-hybridized carbons (Fsp3) is 0.524. The molecule has 0 aromatic heterocycles. The first-order valence-corrected chi connectivity index (χ1v) is 11.7. The Morgan fingerprint density at radius 1 is 1.33 bits per heavy atom. The number of likely N-dealkylation sites (N-methyl/N-ethyl adjacent to an activating group) is 1. The first-order valence-electron chi connectivity index (χ1n) is 10.2. The van der Waals surface area contributed by atoms with E-state index in [0.717, 1.165) is 23.6 Å². The van der Waals surface area contributed by atoms with E-state index in [1.54, 1.807) is 19.9 Å². The normalized spacial score (nSPS) is 18.9. The number of carbonyl (C=O) groups is 2. The van der Waals surface area contributed by atoms with Crippen LogP contribution >= 0.6 is 0 Å². The molecule has 1 aliphatic carbocycles. The minimum atomic E-state index is -3.91. The number of aryl methyl sites for hydroxylation is 1. The van der Waals surface area contributed by atoms with Crippen molar-refractivity contribution in [2.75, 3.05) is 25.5 Å². The second-order valence-electron chi connectivity index (χ2n) is 7.83. The number of rotatable bonds is 7. The van der Waals surface area contributed by atoms with Crippen LogP contribution in [0.25, 0.3) is 0 Å². The van der Waals surface area contributed by atoms with Gasteiger partial charge >= 0.3 is 0 Å². The molecule has 1 aliphatic heterocycles. The number of ether oxygens (including phenoxy) is 1. The Balaban J connectivity index is 1.64. The smallest absolute Gasteiger partial charge is 0.265 e. The SMILES string of the molecule is Cc1cc2c(cc1S(=O)(=O)N(C)CC(=O)NCCC1=CCCCC1)OC(C)C(=O)N2. The van der Waals surface area contributed by atoms with Gasteiger partial charge in [-0.3, -0.25) is 9.59 Å². The largest absolute Gasteiger partial charge is 0.479 e.